The van der Waals surface area contributed by atoms with Crippen molar-refractivity contribution in [3.63, 3.8) is 0 Å². The van der Waals surface area contributed by atoms with Gasteiger partial charge >= 0.3 is 0 Å². The average molecular weight is 401 g/mol. The number of thioether (sulfide) groups is 1. The van der Waals surface area contributed by atoms with Crippen molar-refractivity contribution in [3.8, 4) is 0 Å². The Hall–Kier alpha value is -2.38. The van der Waals surface area contributed by atoms with E-state index >= 15 is 0 Å². The number of imide groups is 1. The average Bonchev–Trinajstić information content (AvgIpc) is 2.97. The molecule has 1 aromatic rings. The van der Waals surface area contributed by atoms with Crippen molar-refractivity contribution in [2.24, 2.45) is 0 Å². The third-order valence-corrected chi connectivity index (χ3v) is 5.84. The Balaban J connectivity index is 1.64. The summed E-state index contributed by atoms with van der Waals surface area (Å²) < 4.78 is 0. The van der Waals surface area contributed by atoms with Crippen LogP contribution in [-0.2, 0) is 9.59 Å². The fourth-order valence-electron chi connectivity index (χ4n) is 3.47. The van der Waals surface area contributed by atoms with E-state index in [0.29, 0.717) is 17.9 Å². The van der Waals surface area contributed by atoms with Gasteiger partial charge < -0.3 is 10.0 Å². The molecule has 2 aliphatic rings. The molecule has 6 nitrogen and oxygen atoms in total. The number of aliphatic hydroxyl groups is 1. The van der Waals surface area contributed by atoms with E-state index in [1.165, 1.54) is 0 Å². The summed E-state index contributed by atoms with van der Waals surface area (Å²) >= 11 is 0.853. The predicted molar refractivity (Wildman–Crippen MR) is 109 cm³/mol. The third kappa shape index (κ3) is 4.91. The van der Waals surface area contributed by atoms with Crippen LogP contribution in [0.3, 0.4) is 0 Å². The van der Waals surface area contributed by atoms with E-state index < -0.39 is 11.1 Å². The van der Waals surface area contributed by atoms with Crippen molar-refractivity contribution >= 4 is 34.9 Å². The Labute approximate surface area is 168 Å². The van der Waals surface area contributed by atoms with E-state index in [2.05, 4.69) is 0 Å². The molecule has 0 saturated carbocycles. The maximum Gasteiger partial charge on any atom is 0.294 e. The molecule has 0 aliphatic carbocycles. The lowest BCUT2D eigenvalue weighted by Crippen LogP contribution is -2.49. The highest BCUT2D eigenvalue weighted by Crippen LogP contribution is 2.31. The first-order valence-corrected chi connectivity index (χ1v) is 10.3. The molecule has 0 unspecified atom stereocenters. The van der Waals surface area contributed by atoms with Crippen molar-refractivity contribution in [3.05, 3.63) is 53.0 Å². The normalized spacial score (nSPS) is 21.9. The molecule has 28 heavy (non-hydrogen) atoms. The molecule has 0 spiro atoms. The first-order valence-electron chi connectivity index (χ1n) is 9.47. The highest BCUT2D eigenvalue weighted by atomic mass is 32.2. The molecule has 3 amide bonds. The van der Waals surface area contributed by atoms with E-state index in [4.69, 9.17) is 0 Å². The van der Waals surface area contributed by atoms with Crippen molar-refractivity contribution in [2.75, 3.05) is 19.7 Å². The summed E-state index contributed by atoms with van der Waals surface area (Å²) in [6.07, 6.45) is 8.49. The second-order valence-corrected chi connectivity index (χ2v) is 7.80. The van der Waals surface area contributed by atoms with Gasteiger partial charge in [-0.15, -0.1) is 0 Å². The van der Waals surface area contributed by atoms with E-state index in [0.717, 1.165) is 41.5 Å². The Morgan fingerprint density at radius 2 is 2.00 bits per heavy atom. The number of amides is 3. The number of allylic oxidation sites excluding steroid dienone is 2. The number of carbonyl (C=O) groups excluding carboxylic acids is 3. The van der Waals surface area contributed by atoms with Crippen LogP contribution in [0.1, 0.15) is 31.2 Å². The Morgan fingerprint density at radius 1 is 1.21 bits per heavy atom. The monoisotopic (exact) mass is 400 g/mol. The van der Waals surface area contributed by atoms with Crippen LogP contribution >= 0.6 is 11.8 Å². The first kappa shape index (κ1) is 20.4. The van der Waals surface area contributed by atoms with Crippen LogP contribution in [0.25, 0.3) is 6.08 Å². The summed E-state index contributed by atoms with van der Waals surface area (Å²) in [5, 5.41) is 8.79. The zero-order valence-corrected chi connectivity index (χ0v) is 16.4. The van der Waals surface area contributed by atoms with Gasteiger partial charge in [0.2, 0.25) is 5.91 Å². The fourth-order valence-corrected chi connectivity index (χ4v) is 4.26. The minimum atomic E-state index is -0.434. The van der Waals surface area contributed by atoms with Gasteiger partial charge in [-0.05, 0) is 49.1 Å². The lowest BCUT2D eigenvalue weighted by atomic mass is 9.99. The van der Waals surface area contributed by atoms with Gasteiger partial charge in [-0.3, -0.25) is 19.3 Å². The van der Waals surface area contributed by atoms with E-state index in [-0.39, 0.29) is 25.1 Å². The Kier molecular flexibility index (Phi) is 7.06. The molecule has 2 heterocycles. The van der Waals surface area contributed by atoms with Gasteiger partial charge in [0.05, 0.1) is 4.91 Å². The molecule has 2 aliphatic heterocycles. The van der Waals surface area contributed by atoms with Gasteiger partial charge in [0.15, 0.2) is 0 Å². The van der Waals surface area contributed by atoms with Crippen LogP contribution in [0.4, 0.5) is 4.79 Å². The van der Waals surface area contributed by atoms with Gasteiger partial charge in [-0.2, -0.15) is 0 Å². The summed E-state index contributed by atoms with van der Waals surface area (Å²) in [6, 6.07) is 9.63. The third-order valence-electron chi connectivity index (χ3n) is 4.91. The number of benzene rings is 1. The van der Waals surface area contributed by atoms with Crippen molar-refractivity contribution < 1.29 is 19.5 Å². The molecular weight excluding hydrogens is 376 g/mol. The molecule has 0 radical (unpaired) electrons. The second kappa shape index (κ2) is 9.71. The standard InChI is InChI=1S/C21H24N2O4S/c24-14-12-17-10-4-5-13-22(17)19(25)15-23-20(26)18(28-21(23)27)11-6-9-16-7-2-1-3-8-16/h1-3,6-9,11,17,24H,4-5,10,12-15H2/b9-6+,18-11-/t17-/m1/s1. The maximum absolute atomic E-state index is 12.7. The fraction of sp³-hybridized carbons (Fsp3) is 0.381. The molecule has 1 aromatic carbocycles. The maximum atomic E-state index is 12.7. The van der Waals surface area contributed by atoms with Gasteiger partial charge in [0.1, 0.15) is 6.54 Å². The molecule has 148 valence electrons. The van der Waals surface area contributed by atoms with Crippen molar-refractivity contribution in [2.45, 2.75) is 31.7 Å². The minimum Gasteiger partial charge on any atom is -0.396 e. The van der Waals surface area contributed by atoms with Crippen LogP contribution < -0.4 is 0 Å². The van der Waals surface area contributed by atoms with Crippen molar-refractivity contribution in [1.29, 1.82) is 0 Å². The van der Waals surface area contributed by atoms with Gasteiger partial charge in [0, 0.05) is 19.2 Å². The van der Waals surface area contributed by atoms with Gasteiger partial charge in [-0.25, -0.2) is 0 Å². The van der Waals surface area contributed by atoms with Crippen LogP contribution in [-0.4, -0.2) is 57.7 Å². The molecule has 2 saturated heterocycles. The summed E-state index contributed by atoms with van der Waals surface area (Å²) in [6.45, 7) is 0.383. The summed E-state index contributed by atoms with van der Waals surface area (Å²) in [5.41, 5.74) is 0.994. The number of nitrogens with zero attached hydrogens (tertiary/aromatic N) is 2. The predicted octanol–water partition coefficient (Wildman–Crippen LogP) is 3.04. The van der Waals surface area contributed by atoms with Crippen LogP contribution in [0, 0.1) is 0 Å². The minimum absolute atomic E-state index is 0.0180. The van der Waals surface area contributed by atoms with Gasteiger partial charge in [-0.1, -0.05) is 42.5 Å². The Morgan fingerprint density at radius 3 is 2.75 bits per heavy atom. The van der Waals surface area contributed by atoms with Crippen molar-refractivity contribution in [1.82, 2.24) is 9.80 Å². The quantitative estimate of drug-likeness (QED) is 0.743. The van der Waals surface area contributed by atoms with E-state index in [9.17, 15) is 19.5 Å². The largest absolute Gasteiger partial charge is 0.396 e. The lowest BCUT2D eigenvalue weighted by Gasteiger charge is -2.36. The smallest absolute Gasteiger partial charge is 0.294 e. The highest BCUT2D eigenvalue weighted by molar-refractivity contribution is 8.18. The highest BCUT2D eigenvalue weighted by Gasteiger charge is 2.38. The molecule has 1 N–H and O–H groups in total. The zero-order valence-electron chi connectivity index (χ0n) is 15.6. The molecule has 0 aromatic heterocycles. The number of hydrogen-bond donors (Lipinski definition) is 1. The second-order valence-electron chi connectivity index (χ2n) is 6.81. The number of carbonyl (C=O) groups is 3. The SMILES string of the molecule is O=C1S/C(=C\C=C\c2ccccc2)C(=O)N1CC(=O)N1CCCC[C@@H]1CCO. The molecule has 0 bridgehead atoms. The number of likely N-dealkylation sites (tertiary alicyclic amines) is 1. The summed E-state index contributed by atoms with van der Waals surface area (Å²) in [7, 11) is 0. The van der Waals surface area contributed by atoms with Crippen LogP contribution in [0.5, 0.6) is 0 Å². The topological polar surface area (TPSA) is 77.9 Å². The zero-order chi connectivity index (χ0) is 19.9. The first-order chi connectivity index (χ1) is 13.6. The lowest BCUT2D eigenvalue weighted by molar-refractivity contribution is -0.139. The summed E-state index contributed by atoms with van der Waals surface area (Å²) in [4.78, 5) is 40.5. The number of hydrogen-bond acceptors (Lipinski definition) is 5. The molecule has 2 fully saturated rings. The number of rotatable bonds is 6. The number of aliphatic hydroxyl groups excluding tert-OH is 1. The summed E-state index contributed by atoms with van der Waals surface area (Å²) in [5.74, 6) is -0.668. The number of piperidine rings is 1. The molecular formula is C21H24N2O4S. The Bertz CT molecular complexity index is 789. The van der Waals surface area contributed by atoms with Gasteiger partial charge in [0.25, 0.3) is 11.1 Å². The van der Waals surface area contributed by atoms with E-state index in [1.54, 1.807) is 17.1 Å². The van der Waals surface area contributed by atoms with E-state index in [1.807, 2.05) is 36.4 Å². The molecule has 3 rings (SSSR count). The van der Waals surface area contributed by atoms with Crippen LogP contribution in [0.15, 0.2) is 47.4 Å². The molecule has 1 atom stereocenters. The molecule has 7 heteroatoms. The van der Waals surface area contributed by atoms with Crippen LogP contribution in [0.2, 0.25) is 0 Å².